The van der Waals surface area contributed by atoms with E-state index >= 15 is 0 Å². The van der Waals surface area contributed by atoms with Gasteiger partial charge >= 0.3 is 0 Å². The van der Waals surface area contributed by atoms with Crippen molar-refractivity contribution in [2.45, 2.75) is 26.3 Å². The molecule has 100 valence electrons. The molecule has 3 nitrogen and oxygen atoms in total. The molecule has 3 heteroatoms. The second-order valence-electron chi connectivity index (χ2n) is 4.43. The number of nitrogens with one attached hydrogen (secondary N) is 1. The third-order valence-corrected chi connectivity index (χ3v) is 2.99. The van der Waals surface area contributed by atoms with Crippen LogP contribution < -0.4 is 10.1 Å². The molecular formula is C16H20N2O. The molecule has 0 radical (unpaired) electrons. The van der Waals surface area contributed by atoms with E-state index in [1.54, 1.807) is 7.11 Å². The monoisotopic (exact) mass is 256 g/mol. The fourth-order valence-electron chi connectivity index (χ4n) is 2.04. The Morgan fingerprint density at radius 1 is 1.11 bits per heavy atom. The van der Waals surface area contributed by atoms with Gasteiger partial charge in [0, 0.05) is 11.8 Å². The molecule has 0 aliphatic heterocycles. The maximum atomic E-state index is 5.13. The van der Waals surface area contributed by atoms with Gasteiger partial charge in [0.15, 0.2) is 0 Å². The van der Waals surface area contributed by atoms with Gasteiger partial charge in [0.25, 0.3) is 0 Å². The number of para-hydroxylation sites is 1. The summed E-state index contributed by atoms with van der Waals surface area (Å²) in [4.78, 5) is 4.40. The molecule has 1 aromatic carbocycles. The number of benzene rings is 1. The summed E-state index contributed by atoms with van der Waals surface area (Å²) in [5, 5.41) is 3.45. The molecule has 0 bridgehead atoms. The fourth-order valence-corrected chi connectivity index (χ4v) is 2.04. The van der Waals surface area contributed by atoms with Crippen molar-refractivity contribution in [2.24, 2.45) is 0 Å². The Morgan fingerprint density at radius 3 is 2.74 bits per heavy atom. The van der Waals surface area contributed by atoms with Crippen LogP contribution in [0.25, 0.3) is 0 Å². The summed E-state index contributed by atoms with van der Waals surface area (Å²) in [6.07, 6.45) is 2.24. The summed E-state index contributed by atoms with van der Waals surface area (Å²) in [5.41, 5.74) is 3.52. The second-order valence-corrected chi connectivity index (χ2v) is 4.43. The van der Waals surface area contributed by atoms with Crippen molar-refractivity contribution in [3.63, 3.8) is 0 Å². The third kappa shape index (κ3) is 3.71. The minimum absolute atomic E-state index is 0.654. The van der Waals surface area contributed by atoms with Gasteiger partial charge in [-0.25, -0.2) is 4.98 Å². The lowest BCUT2D eigenvalue weighted by Crippen LogP contribution is -2.04. The Hall–Kier alpha value is -2.03. The van der Waals surface area contributed by atoms with Crippen LogP contribution in [-0.2, 0) is 13.0 Å². The quantitative estimate of drug-likeness (QED) is 0.856. The van der Waals surface area contributed by atoms with Gasteiger partial charge in [0.2, 0.25) is 5.88 Å². The second kappa shape index (κ2) is 6.78. The smallest absolute Gasteiger partial charge is 0.213 e. The summed E-state index contributed by atoms with van der Waals surface area (Å²) < 4.78 is 5.13. The number of ether oxygens (including phenoxy) is 1. The number of pyridine rings is 1. The molecule has 0 saturated heterocycles. The van der Waals surface area contributed by atoms with Crippen molar-refractivity contribution < 1.29 is 4.74 Å². The number of nitrogens with zero attached hydrogens (tertiary/aromatic N) is 1. The lowest BCUT2D eigenvalue weighted by atomic mass is 10.1. The van der Waals surface area contributed by atoms with Crippen molar-refractivity contribution in [2.75, 3.05) is 12.4 Å². The topological polar surface area (TPSA) is 34.1 Å². The fraction of sp³-hybridized carbons (Fsp3) is 0.312. The molecule has 1 heterocycles. The zero-order valence-electron chi connectivity index (χ0n) is 11.5. The lowest BCUT2D eigenvalue weighted by Gasteiger charge is -2.11. The third-order valence-electron chi connectivity index (χ3n) is 2.99. The summed E-state index contributed by atoms with van der Waals surface area (Å²) in [6.45, 7) is 2.90. The first-order valence-electron chi connectivity index (χ1n) is 6.65. The highest BCUT2D eigenvalue weighted by Crippen LogP contribution is 2.18. The van der Waals surface area contributed by atoms with Gasteiger partial charge in [-0.2, -0.15) is 0 Å². The minimum atomic E-state index is 0.654. The maximum absolute atomic E-state index is 5.13. The van der Waals surface area contributed by atoms with E-state index in [1.165, 1.54) is 11.3 Å². The average molecular weight is 256 g/mol. The zero-order chi connectivity index (χ0) is 13.5. The molecule has 0 unspecified atom stereocenters. The van der Waals surface area contributed by atoms with Crippen LogP contribution in [0, 0.1) is 0 Å². The van der Waals surface area contributed by atoms with Gasteiger partial charge in [0.1, 0.15) is 0 Å². The Bertz CT molecular complexity index is 526. The van der Waals surface area contributed by atoms with E-state index in [2.05, 4.69) is 41.5 Å². The zero-order valence-corrected chi connectivity index (χ0v) is 11.5. The van der Waals surface area contributed by atoms with Crippen LogP contribution in [0.1, 0.15) is 24.6 Å². The molecule has 1 aromatic heterocycles. The van der Waals surface area contributed by atoms with Crippen LogP contribution in [-0.4, -0.2) is 12.1 Å². The number of methoxy groups -OCH3 is 1. The SMILES string of the molecule is CCCc1ccccc1NCc1cccc(OC)n1. The predicted octanol–water partition coefficient (Wildman–Crippen LogP) is 3.65. The molecule has 0 aliphatic carbocycles. The molecule has 2 aromatic rings. The summed E-state index contributed by atoms with van der Waals surface area (Å²) in [6, 6.07) is 14.2. The van der Waals surface area contributed by atoms with E-state index in [9.17, 15) is 0 Å². The van der Waals surface area contributed by atoms with Gasteiger partial charge in [-0.1, -0.05) is 37.6 Å². The first-order valence-corrected chi connectivity index (χ1v) is 6.65. The number of hydrogen-bond acceptors (Lipinski definition) is 3. The van der Waals surface area contributed by atoms with E-state index in [1.807, 2.05) is 18.2 Å². The van der Waals surface area contributed by atoms with Gasteiger partial charge in [-0.05, 0) is 24.1 Å². The Balaban J connectivity index is 2.05. The first-order chi connectivity index (χ1) is 9.33. The lowest BCUT2D eigenvalue weighted by molar-refractivity contribution is 0.396. The molecule has 0 saturated carbocycles. The van der Waals surface area contributed by atoms with Gasteiger partial charge in [-0.3, -0.25) is 0 Å². The molecule has 0 fully saturated rings. The van der Waals surface area contributed by atoms with Gasteiger partial charge < -0.3 is 10.1 Å². The van der Waals surface area contributed by atoms with Crippen LogP contribution in [0.2, 0.25) is 0 Å². The summed E-state index contributed by atoms with van der Waals surface area (Å²) >= 11 is 0. The van der Waals surface area contributed by atoms with Crippen LogP contribution in [0.15, 0.2) is 42.5 Å². The van der Waals surface area contributed by atoms with Crippen LogP contribution in [0.5, 0.6) is 5.88 Å². The number of aryl methyl sites for hydroxylation is 1. The normalized spacial score (nSPS) is 10.2. The Morgan fingerprint density at radius 2 is 1.95 bits per heavy atom. The van der Waals surface area contributed by atoms with E-state index in [0.29, 0.717) is 12.4 Å². The van der Waals surface area contributed by atoms with Crippen LogP contribution in [0.3, 0.4) is 0 Å². The molecule has 0 aliphatic rings. The van der Waals surface area contributed by atoms with Crippen molar-refractivity contribution in [1.29, 1.82) is 0 Å². The highest BCUT2D eigenvalue weighted by Gasteiger charge is 2.02. The predicted molar refractivity (Wildman–Crippen MR) is 78.6 cm³/mol. The van der Waals surface area contributed by atoms with Crippen molar-refractivity contribution in [3.05, 3.63) is 53.7 Å². The number of anilines is 1. The summed E-state index contributed by atoms with van der Waals surface area (Å²) in [7, 11) is 1.64. The van der Waals surface area contributed by atoms with E-state index in [0.717, 1.165) is 18.5 Å². The van der Waals surface area contributed by atoms with Crippen LogP contribution >= 0.6 is 0 Å². The standard InChI is InChI=1S/C16H20N2O/c1-3-7-13-8-4-5-10-15(13)17-12-14-9-6-11-16(18-14)19-2/h4-6,8-11,17H,3,7,12H2,1-2H3. The maximum Gasteiger partial charge on any atom is 0.213 e. The molecule has 0 atom stereocenters. The highest BCUT2D eigenvalue weighted by molar-refractivity contribution is 5.51. The average Bonchev–Trinajstić information content (AvgIpc) is 2.47. The number of rotatable bonds is 6. The van der Waals surface area contributed by atoms with Crippen molar-refractivity contribution in [1.82, 2.24) is 4.98 Å². The Labute approximate surface area is 114 Å². The first kappa shape index (κ1) is 13.4. The molecule has 1 N–H and O–H groups in total. The van der Waals surface area contributed by atoms with E-state index in [-0.39, 0.29) is 0 Å². The van der Waals surface area contributed by atoms with E-state index < -0.39 is 0 Å². The van der Waals surface area contributed by atoms with Crippen molar-refractivity contribution >= 4 is 5.69 Å². The number of hydrogen-bond donors (Lipinski definition) is 1. The summed E-state index contributed by atoms with van der Waals surface area (Å²) in [5.74, 6) is 0.654. The highest BCUT2D eigenvalue weighted by atomic mass is 16.5. The van der Waals surface area contributed by atoms with Crippen LogP contribution in [0.4, 0.5) is 5.69 Å². The van der Waals surface area contributed by atoms with E-state index in [4.69, 9.17) is 4.74 Å². The molecule has 19 heavy (non-hydrogen) atoms. The largest absolute Gasteiger partial charge is 0.481 e. The van der Waals surface area contributed by atoms with Gasteiger partial charge in [0.05, 0.1) is 19.3 Å². The Kier molecular flexibility index (Phi) is 4.78. The number of aromatic nitrogens is 1. The minimum Gasteiger partial charge on any atom is -0.481 e. The molecule has 0 spiro atoms. The molecular weight excluding hydrogens is 236 g/mol. The molecule has 2 rings (SSSR count). The molecule has 0 amide bonds. The van der Waals surface area contributed by atoms with Gasteiger partial charge in [-0.15, -0.1) is 0 Å². The van der Waals surface area contributed by atoms with Crippen molar-refractivity contribution in [3.8, 4) is 5.88 Å².